The van der Waals surface area contributed by atoms with Crippen LogP contribution in [0.1, 0.15) is 35.6 Å². The first kappa shape index (κ1) is 11.0. The highest BCUT2D eigenvalue weighted by atomic mass is 16.1. The van der Waals surface area contributed by atoms with Crippen molar-refractivity contribution < 1.29 is 4.79 Å². The molecule has 1 aromatic rings. The Morgan fingerprint density at radius 1 is 1.50 bits per heavy atom. The normalized spacial score (nSPS) is 10.9. The van der Waals surface area contributed by atoms with Gasteiger partial charge in [-0.1, -0.05) is 13.8 Å². The summed E-state index contributed by atoms with van der Waals surface area (Å²) in [6.07, 6.45) is 0. The van der Waals surface area contributed by atoms with Crippen LogP contribution in [0.25, 0.3) is 0 Å². The predicted octanol–water partition coefficient (Wildman–Crippen LogP) is 1.81. The van der Waals surface area contributed by atoms with Crippen LogP contribution >= 0.6 is 0 Å². The molecule has 0 aliphatic carbocycles. The highest BCUT2D eigenvalue weighted by Crippen LogP contribution is 2.09. The second-order valence-electron chi connectivity index (χ2n) is 3.95. The Bertz CT molecular complexity index is 326. The largest absolute Gasteiger partial charge is 0.362 e. The number of rotatable bonds is 4. The number of aromatic nitrogens is 1. The van der Waals surface area contributed by atoms with E-state index in [1.807, 2.05) is 33.8 Å². The van der Waals surface area contributed by atoms with Crippen molar-refractivity contribution in [2.45, 2.75) is 33.7 Å². The van der Waals surface area contributed by atoms with Crippen molar-refractivity contribution in [2.24, 2.45) is 0 Å². The summed E-state index contributed by atoms with van der Waals surface area (Å²) in [5.74, 6) is 0.153. The van der Waals surface area contributed by atoms with Gasteiger partial charge in [-0.25, -0.2) is 0 Å². The number of carbonyl (C=O) groups excluding carboxylic acids is 1. The first-order valence-corrected chi connectivity index (χ1v) is 4.93. The molecule has 0 aliphatic rings. The van der Waals surface area contributed by atoms with E-state index in [9.17, 15) is 4.79 Å². The van der Waals surface area contributed by atoms with Crippen LogP contribution in [0.2, 0.25) is 0 Å². The Labute approximate surface area is 84.9 Å². The van der Waals surface area contributed by atoms with Gasteiger partial charge in [0.1, 0.15) is 0 Å². The molecule has 0 spiro atoms. The molecule has 1 rings (SSSR count). The summed E-state index contributed by atoms with van der Waals surface area (Å²) < 4.78 is 0. The van der Waals surface area contributed by atoms with E-state index in [1.54, 1.807) is 0 Å². The van der Waals surface area contributed by atoms with Gasteiger partial charge in [-0.05, 0) is 19.9 Å². The minimum Gasteiger partial charge on any atom is -0.362 e. The fourth-order valence-corrected chi connectivity index (χ4v) is 1.41. The van der Waals surface area contributed by atoms with Crippen LogP contribution in [0.15, 0.2) is 6.07 Å². The van der Waals surface area contributed by atoms with Crippen LogP contribution in [-0.2, 0) is 0 Å². The number of hydrogen-bond donors (Lipinski definition) is 2. The Kier molecular flexibility index (Phi) is 3.47. The van der Waals surface area contributed by atoms with Crippen molar-refractivity contribution >= 4 is 5.78 Å². The zero-order valence-electron chi connectivity index (χ0n) is 9.27. The first-order chi connectivity index (χ1) is 6.50. The lowest BCUT2D eigenvalue weighted by Gasteiger charge is -2.06. The molecule has 78 valence electrons. The van der Waals surface area contributed by atoms with E-state index in [-0.39, 0.29) is 5.78 Å². The van der Waals surface area contributed by atoms with Gasteiger partial charge in [-0.3, -0.25) is 4.79 Å². The van der Waals surface area contributed by atoms with Gasteiger partial charge in [-0.15, -0.1) is 0 Å². The van der Waals surface area contributed by atoms with Crippen molar-refractivity contribution in [2.75, 3.05) is 6.54 Å². The molecule has 3 nitrogen and oxygen atoms in total. The molecule has 14 heavy (non-hydrogen) atoms. The molecule has 1 heterocycles. The molecule has 0 bridgehead atoms. The summed E-state index contributed by atoms with van der Waals surface area (Å²) in [5, 5.41) is 3.12. The summed E-state index contributed by atoms with van der Waals surface area (Å²) in [5.41, 5.74) is 2.80. The van der Waals surface area contributed by atoms with E-state index < -0.39 is 0 Å². The van der Waals surface area contributed by atoms with Gasteiger partial charge in [-0.2, -0.15) is 0 Å². The van der Waals surface area contributed by atoms with Crippen LogP contribution in [0.4, 0.5) is 0 Å². The molecule has 2 N–H and O–H groups in total. The Morgan fingerprint density at radius 2 is 2.14 bits per heavy atom. The Morgan fingerprint density at radius 3 is 2.57 bits per heavy atom. The maximum Gasteiger partial charge on any atom is 0.178 e. The SMILES string of the molecule is Cc1cc(C(=O)CNC(C)C)c(C)[nH]1. The summed E-state index contributed by atoms with van der Waals surface area (Å²) >= 11 is 0. The van der Waals surface area contributed by atoms with Gasteiger partial charge in [0.25, 0.3) is 0 Å². The summed E-state index contributed by atoms with van der Waals surface area (Å²) in [7, 11) is 0. The smallest absolute Gasteiger partial charge is 0.178 e. The van der Waals surface area contributed by atoms with Crippen molar-refractivity contribution in [1.29, 1.82) is 0 Å². The average Bonchev–Trinajstić information content (AvgIpc) is 2.41. The summed E-state index contributed by atoms with van der Waals surface area (Å²) in [6, 6.07) is 2.25. The standard InChI is InChI=1S/C11H18N2O/c1-7(2)12-6-11(14)10-5-8(3)13-9(10)4/h5,7,12-13H,6H2,1-4H3. The van der Waals surface area contributed by atoms with Gasteiger partial charge in [0.05, 0.1) is 6.54 Å². The average molecular weight is 194 g/mol. The lowest BCUT2D eigenvalue weighted by Crippen LogP contribution is -2.29. The monoisotopic (exact) mass is 194 g/mol. The molecule has 0 fully saturated rings. The summed E-state index contributed by atoms with van der Waals surface area (Å²) in [6.45, 7) is 8.36. The van der Waals surface area contributed by atoms with Crippen LogP contribution < -0.4 is 5.32 Å². The number of nitrogens with one attached hydrogen (secondary N) is 2. The highest BCUT2D eigenvalue weighted by Gasteiger charge is 2.11. The topological polar surface area (TPSA) is 44.9 Å². The number of hydrogen-bond acceptors (Lipinski definition) is 2. The maximum absolute atomic E-state index is 11.7. The van der Waals surface area contributed by atoms with E-state index in [1.165, 1.54) is 0 Å². The molecule has 0 saturated heterocycles. The number of H-pyrrole nitrogens is 1. The van der Waals surface area contributed by atoms with Crippen LogP contribution in [0.5, 0.6) is 0 Å². The Hall–Kier alpha value is -1.09. The van der Waals surface area contributed by atoms with E-state index in [4.69, 9.17) is 0 Å². The first-order valence-electron chi connectivity index (χ1n) is 4.93. The van der Waals surface area contributed by atoms with Crippen LogP contribution in [0, 0.1) is 13.8 Å². The Balaban J connectivity index is 2.65. The third-order valence-electron chi connectivity index (χ3n) is 2.12. The second-order valence-corrected chi connectivity index (χ2v) is 3.95. The van der Waals surface area contributed by atoms with Gasteiger partial charge in [0.15, 0.2) is 5.78 Å². The van der Waals surface area contributed by atoms with Gasteiger partial charge < -0.3 is 10.3 Å². The van der Waals surface area contributed by atoms with Crippen LogP contribution in [-0.4, -0.2) is 23.4 Å². The van der Waals surface area contributed by atoms with Crippen molar-refractivity contribution in [3.63, 3.8) is 0 Å². The number of aryl methyl sites for hydroxylation is 2. The minimum atomic E-state index is 0.153. The van der Waals surface area contributed by atoms with Crippen LogP contribution in [0.3, 0.4) is 0 Å². The molecule has 0 amide bonds. The molecular weight excluding hydrogens is 176 g/mol. The van der Waals surface area contributed by atoms with E-state index in [0.29, 0.717) is 12.6 Å². The minimum absolute atomic E-state index is 0.153. The molecule has 0 atom stereocenters. The zero-order valence-corrected chi connectivity index (χ0v) is 9.27. The van der Waals surface area contributed by atoms with Gasteiger partial charge >= 0.3 is 0 Å². The fourth-order valence-electron chi connectivity index (χ4n) is 1.41. The molecule has 1 aromatic heterocycles. The van der Waals surface area contributed by atoms with Gasteiger partial charge in [0, 0.05) is 23.0 Å². The van der Waals surface area contributed by atoms with Crippen molar-refractivity contribution in [1.82, 2.24) is 10.3 Å². The summed E-state index contributed by atoms with van der Waals surface area (Å²) in [4.78, 5) is 14.8. The third kappa shape index (κ3) is 2.70. The second kappa shape index (κ2) is 4.42. The molecule has 0 radical (unpaired) electrons. The zero-order chi connectivity index (χ0) is 10.7. The number of aromatic amines is 1. The van der Waals surface area contributed by atoms with E-state index in [0.717, 1.165) is 17.0 Å². The molecule has 0 aliphatic heterocycles. The number of Topliss-reactive ketones (excluding diaryl/α,β-unsaturated/α-hetero) is 1. The molecule has 0 unspecified atom stereocenters. The number of ketones is 1. The molecule has 0 aromatic carbocycles. The lowest BCUT2D eigenvalue weighted by atomic mass is 10.1. The molecule has 3 heteroatoms. The predicted molar refractivity (Wildman–Crippen MR) is 57.7 cm³/mol. The third-order valence-corrected chi connectivity index (χ3v) is 2.12. The lowest BCUT2D eigenvalue weighted by molar-refractivity contribution is 0.0988. The molecular formula is C11H18N2O. The molecule has 0 saturated carbocycles. The van der Waals surface area contributed by atoms with Crippen molar-refractivity contribution in [3.05, 3.63) is 23.0 Å². The van der Waals surface area contributed by atoms with E-state index >= 15 is 0 Å². The van der Waals surface area contributed by atoms with Gasteiger partial charge in [0.2, 0.25) is 0 Å². The maximum atomic E-state index is 11.7. The highest BCUT2D eigenvalue weighted by molar-refractivity contribution is 5.98. The fraction of sp³-hybridized carbons (Fsp3) is 0.545. The van der Waals surface area contributed by atoms with Crippen molar-refractivity contribution in [3.8, 4) is 0 Å². The number of carbonyl (C=O) groups is 1. The van der Waals surface area contributed by atoms with E-state index in [2.05, 4.69) is 10.3 Å². The quantitative estimate of drug-likeness (QED) is 0.718.